The van der Waals surface area contributed by atoms with Gasteiger partial charge in [0.2, 0.25) is 0 Å². The van der Waals surface area contributed by atoms with Crippen LogP contribution in [-0.4, -0.2) is 20.5 Å². The van der Waals surface area contributed by atoms with E-state index in [1.165, 1.54) is 12.1 Å². The largest absolute Gasteiger partial charge is 0.306 e. The summed E-state index contributed by atoms with van der Waals surface area (Å²) in [5.41, 5.74) is 1.63. The van der Waals surface area contributed by atoms with Gasteiger partial charge in [-0.15, -0.1) is 5.10 Å². The van der Waals surface area contributed by atoms with Gasteiger partial charge >= 0.3 is 0 Å². The number of benzene rings is 1. The van der Waals surface area contributed by atoms with Crippen LogP contribution in [0.25, 0.3) is 5.69 Å². The smallest absolute Gasteiger partial charge is 0.124 e. The zero-order chi connectivity index (χ0) is 14.0. The fraction of sp³-hybridized carbons (Fsp3) is 0.385. The van der Waals surface area contributed by atoms with Crippen LogP contribution in [0.3, 0.4) is 0 Å². The quantitative estimate of drug-likeness (QED) is 0.942. The highest BCUT2D eigenvalue weighted by Crippen LogP contribution is 2.21. The van der Waals surface area contributed by atoms with Gasteiger partial charge in [0.1, 0.15) is 5.82 Å². The maximum Gasteiger partial charge on any atom is 0.124 e. The normalized spacial score (nSPS) is 11.8. The van der Waals surface area contributed by atoms with Gasteiger partial charge in [-0.1, -0.05) is 5.21 Å². The summed E-state index contributed by atoms with van der Waals surface area (Å²) in [6, 6.07) is 4.47. The Kier molecular flexibility index (Phi) is 4.01. The van der Waals surface area contributed by atoms with E-state index in [2.05, 4.69) is 52.3 Å². The van der Waals surface area contributed by atoms with Crippen molar-refractivity contribution in [3.8, 4) is 5.69 Å². The molecule has 0 amide bonds. The van der Waals surface area contributed by atoms with Gasteiger partial charge < -0.3 is 5.32 Å². The molecule has 2 rings (SSSR count). The molecule has 0 aliphatic carbocycles. The molecule has 0 aliphatic rings. The highest BCUT2D eigenvalue weighted by molar-refractivity contribution is 9.10. The third-order valence-corrected chi connectivity index (χ3v) is 3.13. The molecule has 1 aromatic carbocycles. The average Bonchev–Trinajstić information content (AvgIpc) is 2.74. The van der Waals surface area contributed by atoms with Crippen molar-refractivity contribution in [2.24, 2.45) is 0 Å². The Morgan fingerprint density at radius 3 is 2.74 bits per heavy atom. The second-order valence-corrected chi connectivity index (χ2v) is 6.21. The molecule has 1 heterocycles. The van der Waals surface area contributed by atoms with Crippen LogP contribution in [0.4, 0.5) is 4.39 Å². The molecule has 0 bridgehead atoms. The van der Waals surface area contributed by atoms with E-state index in [0.717, 1.165) is 11.4 Å². The molecule has 0 aliphatic heterocycles. The highest BCUT2D eigenvalue weighted by atomic mass is 79.9. The molecule has 1 N–H and O–H groups in total. The lowest BCUT2D eigenvalue weighted by Gasteiger charge is -2.19. The first kappa shape index (κ1) is 14.1. The Morgan fingerprint density at radius 1 is 1.37 bits per heavy atom. The van der Waals surface area contributed by atoms with Gasteiger partial charge in [0.15, 0.2) is 0 Å². The zero-order valence-electron chi connectivity index (χ0n) is 11.1. The SMILES string of the molecule is CC(C)(C)NCc1cn(-c2ccc(F)cc2Br)nn1. The summed E-state index contributed by atoms with van der Waals surface area (Å²) < 4.78 is 15.3. The van der Waals surface area contributed by atoms with E-state index in [-0.39, 0.29) is 11.4 Å². The van der Waals surface area contributed by atoms with Crippen LogP contribution in [0, 0.1) is 5.82 Å². The summed E-state index contributed by atoms with van der Waals surface area (Å²) in [5, 5.41) is 11.5. The van der Waals surface area contributed by atoms with Crippen molar-refractivity contribution >= 4 is 15.9 Å². The van der Waals surface area contributed by atoms with Crippen LogP contribution in [-0.2, 0) is 6.54 Å². The molecule has 0 spiro atoms. The predicted octanol–water partition coefficient (Wildman–Crippen LogP) is 3.06. The lowest BCUT2D eigenvalue weighted by molar-refractivity contribution is 0.421. The fourth-order valence-electron chi connectivity index (χ4n) is 1.52. The molecule has 19 heavy (non-hydrogen) atoms. The minimum Gasteiger partial charge on any atom is -0.306 e. The monoisotopic (exact) mass is 326 g/mol. The molecule has 0 atom stereocenters. The second-order valence-electron chi connectivity index (χ2n) is 5.35. The molecular weight excluding hydrogens is 311 g/mol. The van der Waals surface area contributed by atoms with Crippen molar-refractivity contribution in [2.45, 2.75) is 32.9 Å². The number of rotatable bonds is 3. The van der Waals surface area contributed by atoms with Crippen molar-refractivity contribution < 1.29 is 4.39 Å². The van der Waals surface area contributed by atoms with Gasteiger partial charge in [0, 0.05) is 16.6 Å². The van der Waals surface area contributed by atoms with Gasteiger partial charge in [0.25, 0.3) is 0 Å². The molecule has 2 aromatic rings. The Bertz CT molecular complexity index is 574. The number of nitrogens with one attached hydrogen (secondary N) is 1. The second kappa shape index (κ2) is 5.38. The van der Waals surface area contributed by atoms with E-state index < -0.39 is 0 Å². The molecule has 0 unspecified atom stereocenters. The third kappa shape index (κ3) is 3.84. The molecule has 1 aromatic heterocycles. The van der Waals surface area contributed by atoms with E-state index in [0.29, 0.717) is 11.0 Å². The first-order valence-corrected chi connectivity index (χ1v) is 6.76. The average molecular weight is 327 g/mol. The third-order valence-electron chi connectivity index (χ3n) is 2.50. The van der Waals surface area contributed by atoms with E-state index in [1.807, 2.05) is 6.20 Å². The van der Waals surface area contributed by atoms with Gasteiger partial charge in [-0.2, -0.15) is 0 Å². The standard InChI is InChI=1S/C13H16BrFN4/c1-13(2,3)16-7-10-8-19(18-17-10)12-5-4-9(15)6-11(12)14/h4-6,8,16H,7H2,1-3H3. The molecule has 4 nitrogen and oxygen atoms in total. The lowest BCUT2D eigenvalue weighted by atomic mass is 10.1. The molecule has 0 radical (unpaired) electrons. The van der Waals surface area contributed by atoms with Crippen LogP contribution in [0.1, 0.15) is 26.5 Å². The Morgan fingerprint density at radius 2 is 2.11 bits per heavy atom. The minimum atomic E-state index is -0.287. The van der Waals surface area contributed by atoms with Crippen LogP contribution in [0.15, 0.2) is 28.9 Å². The number of nitrogens with zero attached hydrogens (tertiary/aromatic N) is 3. The highest BCUT2D eigenvalue weighted by Gasteiger charge is 2.11. The molecule has 102 valence electrons. The number of hydrogen-bond acceptors (Lipinski definition) is 3. The Hall–Kier alpha value is -1.27. The van der Waals surface area contributed by atoms with Gasteiger partial charge in [0.05, 0.1) is 17.6 Å². The first-order valence-electron chi connectivity index (χ1n) is 5.97. The molecule has 0 fully saturated rings. The van der Waals surface area contributed by atoms with Crippen LogP contribution in [0.2, 0.25) is 0 Å². The summed E-state index contributed by atoms with van der Waals surface area (Å²) in [5.74, 6) is -0.287. The van der Waals surface area contributed by atoms with Gasteiger partial charge in [-0.25, -0.2) is 9.07 Å². The van der Waals surface area contributed by atoms with E-state index in [4.69, 9.17) is 0 Å². The van der Waals surface area contributed by atoms with Crippen molar-refractivity contribution in [3.05, 3.63) is 40.4 Å². The Balaban J connectivity index is 2.16. The van der Waals surface area contributed by atoms with Crippen LogP contribution < -0.4 is 5.32 Å². The van der Waals surface area contributed by atoms with E-state index >= 15 is 0 Å². The molecule has 0 saturated carbocycles. The van der Waals surface area contributed by atoms with Crippen molar-refractivity contribution in [1.29, 1.82) is 0 Å². The summed E-state index contributed by atoms with van der Waals surface area (Å²) >= 11 is 3.32. The summed E-state index contributed by atoms with van der Waals surface area (Å²) in [6.07, 6.45) is 1.83. The van der Waals surface area contributed by atoms with Crippen molar-refractivity contribution in [2.75, 3.05) is 0 Å². The zero-order valence-corrected chi connectivity index (χ0v) is 12.7. The van der Waals surface area contributed by atoms with E-state index in [9.17, 15) is 4.39 Å². The first-order chi connectivity index (χ1) is 8.85. The molecule has 0 saturated heterocycles. The summed E-state index contributed by atoms with van der Waals surface area (Å²) in [7, 11) is 0. The van der Waals surface area contributed by atoms with E-state index in [1.54, 1.807) is 10.7 Å². The van der Waals surface area contributed by atoms with Crippen LogP contribution >= 0.6 is 15.9 Å². The summed E-state index contributed by atoms with van der Waals surface area (Å²) in [4.78, 5) is 0. The molecule has 6 heteroatoms. The lowest BCUT2D eigenvalue weighted by Crippen LogP contribution is -2.35. The minimum absolute atomic E-state index is 0.0280. The van der Waals surface area contributed by atoms with Crippen LogP contribution in [0.5, 0.6) is 0 Å². The predicted molar refractivity (Wildman–Crippen MR) is 75.6 cm³/mol. The number of aromatic nitrogens is 3. The fourth-order valence-corrected chi connectivity index (χ4v) is 2.05. The van der Waals surface area contributed by atoms with Crippen molar-refractivity contribution in [3.63, 3.8) is 0 Å². The maximum atomic E-state index is 13.0. The topological polar surface area (TPSA) is 42.7 Å². The Labute approximate surface area is 120 Å². The van der Waals surface area contributed by atoms with Crippen molar-refractivity contribution in [1.82, 2.24) is 20.3 Å². The van der Waals surface area contributed by atoms with Gasteiger partial charge in [-0.05, 0) is 54.9 Å². The maximum absolute atomic E-state index is 13.0. The van der Waals surface area contributed by atoms with Gasteiger partial charge in [-0.3, -0.25) is 0 Å². The number of halogens is 2. The molecular formula is C13H16BrFN4. The summed E-state index contributed by atoms with van der Waals surface area (Å²) in [6.45, 7) is 6.91. The number of hydrogen-bond donors (Lipinski definition) is 1.